The van der Waals surface area contributed by atoms with Crippen LogP contribution in [0, 0.1) is 0 Å². The molecule has 1 N–H and O–H groups in total. The summed E-state index contributed by atoms with van der Waals surface area (Å²) in [6.45, 7) is 1.21. The Hall–Kier alpha value is -0.150. The van der Waals surface area contributed by atoms with E-state index in [0.717, 1.165) is 0 Å². The fourth-order valence-corrected chi connectivity index (χ4v) is 0.285. The quantitative estimate of drug-likeness (QED) is 0.468. The molecule has 48 valence electrons. The van der Waals surface area contributed by atoms with Crippen LogP contribution >= 0.6 is 23.2 Å². The first-order valence-corrected chi connectivity index (χ1v) is 2.47. The molecule has 0 bridgehead atoms. The average Bonchev–Trinajstić information content (AvgIpc) is 1.21. The van der Waals surface area contributed by atoms with Gasteiger partial charge in [-0.2, -0.15) is 0 Å². The Morgan fingerprint density at radius 1 is 1.75 bits per heavy atom. The van der Waals surface area contributed by atoms with Gasteiger partial charge in [0.2, 0.25) is 0 Å². The van der Waals surface area contributed by atoms with Crippen molar-refractivity contribution in [2.75, 3.05) is 0 Å². The van der Waals surface area contributed by atoms with Gasteiger partial charge in [-0.05, 0) is 0 Å². The zero-order valence-electron chi connectivity index (χ0n) is 4.02. The number of carboxylic acid groups (broad SMARTS) is 1. The van der Waals surface area contributed by atoms with Crippen LogP contribution in [0.5, 0.6) is 0 Å². The summed E-state index contributed by atoms with van der Waals surface area (Å²) in [7, 11) is 0. The minimum Gasteiger partial charge on any atom is -0.450 e. The van der Waals surface area contributed by atoms with Crippen LogP contribution in [0.15, 0.2) is 0 Å². The summed E-state index contributed by atoms with van der Waals surface area (Å²) >= 11 is 10.2. The first kappa shape index (κ1) is 7.85. The van der Waals surface area contributed by atoms with Crippen molar-refractivity contribution in [3.63, 3.8) is 0 Å². The number of alkyl halides is 2. The third kappa shape index (κ3) is 5.85. The van der Waals surface area contributed by atoms with E-state index in [1.54, 1.807) is 0 Å². The Kier molecular flexibility index (Phi) is 2.37. The minimum absolute atomic E-state index is 1.21. The second-order valence-electron chi connectivity index (χ2n) is 1.18. The molecular formula is C3H4Cl2O3. The lowest BCUT2D eigenvalue weighted by Gasteiger charge is -2.09. The number of carbonyl (C=O) groups is 1. The first-order chi connectivity index (χ1) is 3.42. The van der Waals surface area contributed by atoms with Gasteiger partial charge in [0.15, 0.2) is 0 Å². The van der Waals surface area contributed by atoms with Gasteiger partial charge >= 0.3 is 6.16 Å². The highest BCUT2D eigenvalue weighted by Gasteiger charge is 2.20. The van der Waals surface area contributed by atoms with Gasteiger partial charge < -0.3 is 9.84 Å². The molecule has 0 aromatic carbocycles. The Bertz CT molecular complexity index is 95.2. The normalized spacial score (nSPS) is 10.9. The van der Waals surface area contributed by atoms with Crippen LogP contribution in [0.25, 0.3) is 0 Å². The predicted octanol–water partition coefficient (Wildman–Crippen LogP) is 1.83. The van der Waals surface area contributed by atoms with Crippen molar-refractivity contribution in [2.45, 2.75) is 11.4 Å². The largest absolute Gasteiger partial charge is 0.508 e. The SMILES string of the molecule is CC(Cl)(Cl)OC(=O)O. The lowest BCUT2D eigenvalue weighted by atomic mass is 10.8. The Balaban J connectivity index is 3.55. The highest BCUT2D eigenvalue weighted by molar-refractivity contribution is 6.47. The topological polar surface area (TPSA) is 46.5 Å². The van der Waals surface area contributed by atoms with Crippen molar-refractivity contribution >= 4 is 29.4 Å². The molecule has 8 heavy (non-hydrogen) atoms. The van der Waals surface area contributed by atoms with Crippen LogP contribution in [0.3, 0.4) is 0 Å². The third-order valence-corrected chi connectivity index (χ3v) is 0.421. The van der Waals surface area contributed by atoms with E-state index in [-0.39, 0.29) is 0 Å². The van der Waals surface area contributed by atoms with Crippen LogP contribution in [0.2, 0.25) is 0 Å². The second-order valence-corrected chi connectivity index (χ2v) is 2.81. The number of hydrogen-bond donors (Lipinski definition) is 1. The number of rotatable bonds is 1. The summed E-state index contributed by atoms with van der Waals surface area (Å²) in [5.74, 6) is 0. The van der Waals surface area contributed by atoms with E-state index in [1.165, 1.54) is 6.92 Å². The lowest BCUT2D eigenvalue weighted by molar-refractivity contribution is 0.0718. The fraction of sp³-hybridized carbons (Fsp3) is 0.667. The van der Waals surface area contributed by atoms with Gasteiger partial charge in [-0.3, -0.25) is 0 Å². The average molecular weight is 159 g/mol. The summed E-state index contributed by atoms with van der Waals surface area (Å²) in [5.41, 5.74) is 0. The van der Waals surface area contributed by atoms with Crippen LogP contribution in [0.4, 0.5) is 4.79 Å². The molecule has 0 aliphatic carbocycles. The van der Waals surface area contributed by atoms with Gasteiger partial charge in [0, 0.05) is 6.92 Å². The predicted molar refractivity (Wildman–Crippen MR) is 29.2 cm³/mol. The Morgan fingerprint density at radius 2 is 2.12 bits per heavy atom. The van der Waals surface area contributed by atoms with Crippen LogP contribution < -0.4 is 0 Å². The summed E-state index contributed by atoms with van der Waals surface area (Å²) < 4.78 is 2.25. The van der Waals surface area contributed by atoms with Crippen LogP contribution in [-0.2, 0) is 4.74 Å². The maximum absolute atomic E-state index is 9.62. The molecule has 0 aromatic rings. The molecule has 0 spiro atoms. The maximum Gasteiger partial charge on any atom is 0.508 e. The van der Waals surface area contributed by atoms with Gasteiger partial charge in [-0.25, -0.2) is 4.79 Å². The zero-order chi connectivity index (χ0) is 6.78. The van der Waals surface area contributed by atoms with Gasteiger partial charge in [0.05, 0.1) is 0 Å². The van der Waals surface area contributed by atoms with Gasteiger partial charge in [-0.15, -0.1) is 0 Å². The van der Waals surface area contributed by atoms with E-state index in [9.17, 15) is 4.79 Å². The first-order valence-electron chi connectivity index (χ1n) is 1.71. The molecule has 3 nitrogen and oxygen atoms in total. The van der Waals surface area contributed by atoms with E-state index in [1.807, 2.05) is 0 Å². The van der Waals surface area contributed by atoms with Gasteiger partial charge in [0.25, 0.3) is 4.52 Å². The van der Waals surface area contributed by atoms with Crippen LogP contribution in [-0.4, -0.2) is 15.8 Å². The molecule has 0 saturated heterocycles. The van der Waals surface area contributed by atoms with E-state index in [4.69, 9.17) is 28.3 Å². The van der Waals surface area contributed by atoms with Crippen molar-refractivity contribution in [1.82, 2.24) is 0 Å². The lowest BCUT2D eigenvalue weighted by Crippen LogP contribution is -2.16. The van der Waals surface area contributed by atoms with Crippen molar-refractivity contribution in [1.29, 1.82) is 0 Å². The molecule has 0 aliphatic rings. The van der Waals surface area contributed by atoms with Crippen molar-refractivity contribution in [2.24, 2.45) is 0 Å². The maximum atomic E-state index is 9.62. The molecule has 0 saturated carbocycles. The summed E-state index contributed by atoms with van der Waals surface area (Å²) in [5, 5.41) is 7.86. The van der Waals surface area contributed by atoms with Crippen molar-refractivity contribution < 1.29 is 14.6 Å². The van der Waals surface area contributed by atoms with E-state index in [0.29, 0.717) is 0 Å². The summed E-state index contributed by atoms with van der Waals surface area (Å²) in [4.78, 5) is 9.62. The number of ether oxygens (including phenoxy) is 1. The fourth-order valence-electron chi connectivity index (χ4n) is 0.153. The third-order valence-electron chi connectivity index (χ3n) is 0.267. The van der Waals surface area contributed by atoms with Gasteiger partial charge in [0.1, 0.15) is 0 Å². The molecule has 0 radical (unpaired) electrons. The highest BCUT2D eigenvalue weighted by atomic mass is 35.5. The second kappa shape index (κ2) is 2.42. The molecule has 0 aromatic heterocycles. The number of halogens is 2. The van der Waals surface area contributed by atoms with Crippen LogP contribution in [0.1, 0.15) is 6.92 Å². The molecule has 0 heterocycles. The smallest absolute Gasteiger partial charge is 0.450 e. The highest BCUT2D eigenvalue weighted by Crippen LogP contribution is 2.20. The summed E-state index contributed by atoms with van der Waals surface area (Å²) in [6.07, 6.45) is -1.49. The van der Waals surface area contributed by atoms with Gasteiger partial charge in [-0.1, -0.05) is 23.2 Å². The van der Waals surface area contributed by atoms with Crippen molar-refractivity contribution in [3.05, 3.63) is 0 Å². The molecule has 0 aliphatic heterocycles. The standard InChI is InChI=1S/C3H4Cl2O3/c1-3(4,5)8-2(6)7/h1H3,(H,6,7). The molecule has 0 rings (SSSR count). The molecule has 0 atom stereocenters. The molecular weight excluding hydrogens is 155 g/mol. The summed E-state index contributed by atoms with van der Waals surface area (Å²) in [6, 6.07) is 0. The monoisotopic (exact) mass is 158 g/mol. The molecule has 5 heteroatoms. The van der Waals surface area contributed by atoms with Crippen molar-refractivity contribution in [3.8, 4) is 0 Å². The molecule has 0 fully saturated rings. The van der Waals surface area contributed by atoms with E-state index >= 15 is 0 Å². The Labute approximate surface area is 56.1 Å². The zero-order valence-corrected chi connectivity index (χ0v) is 5.53. The van der Waals surface area contributed by atoms with E-state index in [2.05, 4.69) is 4.74 Å². The minimum atomic E-state index is -1.63. The molecule has 0 unspecified atom stereocenters. The van der Waals surface area contributed by atoms with E-state index < -0.39 is 10.7 Å². The number of hydrogen-bond acceptors (Lipinski definition) is 2. The Morgan fingerprint density at radius 3 is 2.12 bits per heavy atom. The molecule has 0 amide bonds.